The van der Waals surface area contributed by atoms with Gasteiger partial charge >= 0.3 is 0 Å². The summed E-state index contributed by atoms with van der Waals surface area (Å²) in [5, 5.41) is 13.6. The third kappa shape index (κ3) is 4.25. The molecule has 2 rings (SSSR count). The Bertz CT molecular complexity index is 570. The van der Waals surface area contributed by atoms with Gasteiger partial charge in [-0.3, -0.25) is 4.79 Å². The van der Waals surface area contributed by atoms with Gasteiger partial charge in [-0.25, -0.2) is 0 Å². The maximum atomic E-state index is 11.4. The molecule has 0 aliphatic carbocycles. The quantitative estimate of drug-likeness (QED) is 0.730. The third-order valence-corrected chi connectivity index (χ3v) is 3.09. The molecule has 1 amide bonds. The van der Waals surface area contributed by atoms with Gasteiger partial charge in [0.1, 0.15) is 5.82 Å². The second-order valence-corrected chi connectivity index (χ2v) is 4.65. The molecule has 0 aliphatic rings. The predicted molar refractivity (Wildman–Crippen MR) is 82.0 cm³/mol. The number of carbonyl (C=O) groups excluding carboxylic acids is 1. The Morgan fingerprint density at radius 2 is 1.95 bits per heavy atom. The lowest BCUT2D eigenvalue weighted by atomic mass is 10.1. The van der Waals surface area contributed by atoms with Crippen LogP contribution in [0.5, 0.6) is 0 Å². The number of carbonyl (C=O) groups is 1. The normalized spacial score (nSPS) is 11.7. The van der Waals surface area contributed by atoms with E-state index in [1.807, 2.05) is 18.2 Å². The summed E-state index contributed by atoms with van der Waals surface area (Å²) in [5.74, 6) is 0.350. The number of nitrogens with one attached hydrogen (secondary N) is 2. The average Bonchev–Trinajstić information content (AvgIpc) is 2.55. The van der Waals surface area contributed by atoms with E-state index < -0.39 is 0 Å². The van der Waals surface area contributed by atoms with Gasteiger partial charge in [-0.1, -0.05) is 30.3 Å². The number of hydrogen-bond acceptors (Lipinski definition) is 5. The lowest BCUT2D eigenvalue weighted by Crippen LogP contribution is -2.31. The number of benzene rings is 1. The molecular formula is C15H19N5O. The van der Waals surface area contributed by atoms with E-state index in [-0.39, 0.29) is 17.6 Å². The molecule has 4 N–H and O–H groups in total. The molecule has 0 fully saturated rings. The third-order valence-electron chi connectivity index (χ3n) is 3.09. The van der Waals surface area contributed by atoms with Crippen LogP contribution in [0.1, 0.15) is 16.1 Å². The predicted octanol–water partition coefficient (Wildman–Crippen LogP) is 0.818. The first-order valence-corrected chi connectivity index (χ1v) is 6.79. The van der Waals surface area contributed by atoms with E-state index in [0.29, 0.717) is 12.4 Å². The summed E-state index contributed by atoms with van der Waals surface area (Å²) in [7, 11) is 1.56. The van der Waals surface area contributed by atoms with Gasteiger partial charge in [0.05, 0.1) is 0 Å². The number of nitrogens with two attached hydrogens (primary N) is 1. The van der Waals surface area contributed by atoms with Crippen LogP contribution >= 0.6 is 0 Å². The molecule has 0 spiro atoms. The molecule has 0 bridgehead atoms. The molecule has 0 radical (unpaired) electrons. The van der Waals surface area contributed by atoms with Gasteiger partial charge in [-0.05, 0) is 24.1 Å². The summed E-state index contributed by atoms with van der Waals surface area (Å²) in [4.78, 5) is 11.4. The van der Waals surface area contributed by atoms with Crippen LogP contribution in [-0.4, -0.2) is 35.7 Å². The van der Waals surface area contributed by atoms with Crippen LogP contribution in [0.3, 0.4) is 0 Å². The minimum Gasteiger partial charge on any atom is -0.364 e. The van der Waals surface area contributed by atoms with Crippen molar-refractivity contribution in [2.45, 2.75) is 12.5 Å². The van der Waals surface area contributed by atoms with Crippen LogP contribution in [0, 0.1) is 0 Å². The van der Waals surface area contributed by atoms with E-state index in [1.165, 1.54) is 5.56 Å². The maximum absolute atomic E-state index is 11.4. The Morgan fingerprint density at radius 3 is 2.52 bits per heavy atom. The molecule has 0 saturated heterocycles. The molecule has 1 atom stereocenters. The molecule has 1 aromatic heterocycles. The first-order valence-electron chi connectivity index (χ1n) is 6.79. The van der Waals surface area contributed by atoms with Crippen molar-refractivity contribution in [3.8, 4) is 0 Å². The van der Waals surface area contributed by atoms with Crippen molar-refractivity contribution in [2.24, 2.45) is 5.73 Å². The highest BCUT2D eigenvalue weighted by Gasteiger charge is 2.10. The second-order valence-electron chi connectivity index (χ2n) is 4.65. The van der Waals surface area contributed by atoms with Crippen LogP contribution in [0.15, 0.2) is 42.5 Å². The van der Waals surface area contributed by atoms with Gasteiger partial charge < -0.3 is 16.4 Å². The highest BCUT2D eigenvalue weighted by atomic mass is 16.1. The lowest BCUT2D eigenvalue weighted by Gasteiger charge is -2.17. The van der Waals surface area contributed by atoms with Crippen molar-refractivity contribution in [3.63, 3.8) is 0 Å². The number of nitrogens with zero attached hydrogens (tertiary/aromatic N) is 2. The highest BCUT2D eigenvalue weighted by Crippen LogP contribution is 2.08. The summed E-state index contributed by atoms with van der Waals surface area (Å²) in [5.41, 5.74) is 7.28. The van der Waals surface area contributed by atoms with Gasteiger partial charge in [0.25, 0.3) is 5.91 Å². The minimum atomic E-state index is -0.256. The Labute approximate surface area is 123 Å². The second kappa shape index (κ2) is 7.35. The van der Waals surface area contributed by atoms with Gasteiger partial charge in [-0.2, -0.15) is 0 Å². The van der Waals surface area contributed by atoms with Gasteiger partial charge in [-0.15, -0.1) is 10.2 Å². The van der Waals surface area contributed by atoms with E-state index in [0.717, 1.165) is 6.42 Å². The molecule has 6 nitrogen and oxygen atoms in total. The van der Waals surface area contributed by atoms with E-state index in [4.69, 9.17) is 5.73 Å². The van der Waals surface area contributed by atoms with E-state index in [1.54, 1.807) is 19.2 Å². The zero-order valence-corrected chi connectivity index (χ0v) is 11.9. The van der Waals surface area contributed by atoms with E-state index >= 15 is 0 Å². The molecule has 0 saturated carbocycles. The first kappa shape index (κ1) is 14.9. The SMILES string of the molecule is CNC(=O)c1ccc(NC(CN)Cc2ccccc2)nn1. The van der Waals surface area contributed by atoms with Crippen molar-refractivity contribution in [3.05, 3.63) is 53.7 Å². The molecular weight excluding hydrogens is 266 g/mol. The average molecular weight is 285 g/mol. The highest BCUT2D eigenvalue weighted by molar-refractivity contribution is 5.91. The molecule has 6 heteroatoms. The summed E-state index contributed by atoms with van der Waals surface area (Å²) >= 11 is 0. The fourth-order valence-electron chi connectivity index (χ4n) is 1.96. The summed E-state index contributed by atoms with van der Waals surface area (Å²) in [6.07, 6.45) is 0.802. The van der Waals surface area contributed by atoms with Crippen molar-refractivity contribution in [2.75, 3.05) is 18.9 Å². The van der Waals surface area contributed by atoms with E-state index in [2.05, 4.69) is 33.0 Å². The smallest absolute Gasteiger partial charge is 0.271 e. The number of aromatic nitrogens is 2. The standard InChI is InChI=1S/C15H19N5O/c1-17-15(21)13-7-8-14(20-19-13)18-12(10-16)9-11-5-3-2-4-6-11/h2-8,12H,9-10,16H2,1H3,(H,17,21)(H,18,20). The molecule has 1 unspecified atom stereocenters. The summed E-state index contributed by atoms with van der Waals surface area (Å²) in [6, 6.07) is 13.5. The number of amides is 1. The molecule has 0 aliphatic heterocycles. The molecule has 110 valence electrons. The molecule has 1 heterocycles. The molecule has 2 aromatic rings. The van der Waals surface area contributed by atoms with Crippen molar-refractivity contribution in [1.82, 2.24) is 15.5 Å². The van der Waals surface area contributed by atoms with Gasteiger partial charge in [0.2, 0.25) is 0 Å². The van der Waals surface area contributed by atoms with Crippen LogP contribution in [-0.2, 0) is 6.42 Å². The Kier molecular flexibility index (Phi) is 5.22. The van der Waals surface area contributed by atoms with Crippen LogP contribution in [0.4, 0.5) is 5.82 Å². The van der Waals surface area contributed by atoms with Crippen LogP contribution < -0.4 is 16.4 Å². The fraction of sp³-hybridized carbons (Fsp3) is 0.267. The number of anilines is 1. The number of rotatable bonds is 6. The van der Waals surface area contributed by atoms with Gasteiger partial charge in [0, 0.05) is 19.6 Å². The lowest BCUT2D eigenvalue weighted by molar-refractivity contribution is 0.0957. The Balaban J connectivity index is 2.00. The Morgan fingerprint density at radius 1 is 1.19 bits per heavy atom. The summed E-state index contributed by atoms with van der Waals surface area (Å²) < 4.78 is 0. The zero-order chi connectivity index (χ0) is 15.1. The van der Waals surface area contributed by atoms with E-state index in [9.17, 15) is 4.79 Å². The van der Waals surface area contributed by atoms with Gasteiger partial charge in [0.15, 0.2) is 5.69 Å². The topological polar surface area (TPSA) is 92.9 Å². The Hall–Kier alpha value is -2.47. The fourth-order valence-corrected chi connectivity index (χ4v) is 1.96. The van der Waals surface area contributed by atoms with Crippen molar-refractivity contribution in [1.29, 1.82) is 0 Å². The molecule has 21 heavy (non-hydrogen) atoms. The van der Waals surface area contributed by atoms with Crippen LogP contribution in [0.2, 0.25) is 0 Å². The van der Waals surface area contributed by atoms with Crippen LogP contribution in [0.25, 0.3) is 0 Å². The van der Waals surface area contributed by atoms with Crippen molar-refractivity contribution < 1.29 is 4.79 Å². The first-order chi connectivity index (χ1) is 10.2. The van der Waals surface area contributed by atoms with Crippen molar-refractivity contribution >= 4 is 11.7 Å². The number of hydrogen-bond donors (Lipinski definition) is 3. The minimum absolute atomic E-state index is 0.0625. The maximum Gasteiger partial charge on any atom is 0.271 e. The zero-order valence-electron chi connectivity index (χ0n) is 11.9. The monoisotopic (exact) mass is 285 g/mol. The summed E-state index contributed by atoms with van der Waals surface area (Å²) in [6.45, 7) is 0.480. The largest absolute Gasteiger partial charge is 0.364 e. The molecule has 1 aromatic carbocycles.